The van der Waals surface area contributed by atoms with Gasteiger partial charge in [-0.05, 0) is 32.4 Å². The number of nitrogens with zero attached hydrogens (tertiary/aromatic N) is 2. The van der Waals surface area contributed by atoms with Gasteiger partial charge in [0.1, 0.15) is 16.7 Å². The fourth-order valence-corrected chi connectivity index (χ4v) is 3.74. The van der Waals surface area contributed by atoms with Crippen molar-refractivity contribution in [3.05, 3.63) is 52.6 Å². The minimum atomic E-state index is -0.700. The highest BCUT2D eigenvalue weighted by molar-refractivity contribution is 7.21. The van der Waals surface area contributed by atoms with E-state index >= 15 is 0 Å². The smallest absolute Gasteiger partial charge is 0.329 e. The van der Waals surface area contributed by atoms with Gasteiger partial charge in [-0.15, -0.1) is 11.3 Å². The predicted octanol–water partition coefficient (Wildman–Crippen LogP) is 3.56. The first-order valence-electron chi connectivity index (χ1n) is 7.77. The van der Waals surface area contributed by atoms with Crippen LogP contribution in [-0.2, 0) is 9.53 Å². The van der Waals surface area contributed by atoms with Crippen molar-refractivity contribution in [2.45, 2.75) is 26.8 Å². The van der Waals surface area contributed by atoms with Crippen LogP contribution in [-0.4, -0.2) is 22.1 Å². The Bertz CT molecular complexity index is 944. The number of aromatic nitrogens is 2. The number of rotatable bonds is 4. The summed E-state index contributed by atoms with van der Waals surface area (Å²) in [7, 11) is 0. The number of hydrogen-bond donors (Lipinski definition) is 0. The van der Waals surface area contributed by atoms with Crippen molar-refractivity contribution in [2.75, 3.05) is 6.61 Å². The number of thiophene rings is 1. The van der Waals surface area contributed by atoms with Gasteiger partial charge in [-0.25, -0.2) is 9.78 Å². The molecule has 0 saturated heterocycles. The van der Waals surface area contributed by atoms with Crippen molar-refractivity contribution in [1.82, 2.24) is 9.55 Å². The molecule has 0 saturated carbocycles. The Hall–Kier alpha value is -2.47. The van der Waals surface area contributed by atoms with E-state index < -0.39 is 12.0 Å². The van der Waals surface area contributed by atoms with E-state index in [1.54, 1.807) is 20.8 Å². The van der Waals surface area contributed by atoms with Crippen molar-refractivity contribution < 1.29 is 9.53 Å². The van der Waals surface area contributed by atoms with Crippen LogP contribution in [0.15, 0.2) is 41.2 Å². The van der Waals surface area contributed by atoms with Gasteiger partial charge in [0.15, 0.2) is 0 Å². The lowest BCUT2D eigenvalue weighted by molar-refractivity contribution is -0.146. The molecule has 0 fully saturated rings. The van der Waals surface area contributed by atoms with Gasteiger partial charge in [0.05, 0.1) is 12.0 Å². The molecule has 2 aromatic heterocycles. The molecule has 124 valence electrons. The highest BCUT2D eigenvalue weighted by Crippen LogP contribution is 2.31. The van der Waals surface area contributed by atoms with Gasteiger partial charge in [-0.1, -0.05) is 30.3 Å². The molecule has 6 heteroatoms. The number of aryl methyl sites for hydroxylation is 1. The summed E-state index contributed by atoms with van der Waals surface area (Å²) in [6.07, 6.45) is 0. The summed E-state index contributed by atoms with van der Waals surface area (Å²) in [5.41, 5.74) is 0.832. The third-order valence-corrected chi connectivity index (χ3v) is 4.92. The molecule has 1 atom stereocenters. The molecular formula is C18H18N2O3S. The zero-order valence-electron chi connectivity index (χ0n) is 13.8. The Labute approximate surface area is 143 Å². The summed E-state index contributed by atoms with van der Waals surface area (Å²) >= 11 is 1.48. The minimum Gasteiger partial charge on any atom is -0.464 e. The SMILES string of the molecule is CCOC(=O)C(C)n1c(C)nc2sc(-c3ccccc3)cc2c1=O. The van der Waals surface area contributed by atoms with Gasteiger partial charge < -0.3 is 4.74 Å². The number of ether oxygens (including phenoxy) is 1. The van der Waals surface area contributed by atoms with E-state index in [1.807, 2.05) is 36.4 Å². The van der Waals surface area contributed by atoms with Gasteiger partial charge in [0, 0.05) is 4.88 Å². The molecule has 5 nitrogen and oxygen atoms in total. The van der Waals surface area contributed by atoms with E-state index in [4.69, 9.17) is 4.74 Å². The second kappa shape index (κ2) is 6.57. The standard InChI is InChI=1S/C18H18N2O3S/c1-4-23-18(22)11(2)20-12(3)19-16-14(17(20)21)10-15(24-16)13-8-6-5-7-9-13/h5-11H,4H2,1-3H3. The molecule has 0 aliphatic rings. The maximum absolute atomic E-state index is 12.9. The quantitative estimate of drug-likeness (QED) is 0.680. The fraction of sp³-hybridized carbons (Fsp3) is 0.278. The predicted molar refractivity (Wildman–Crippen MR) is 95.4 cm³/mol. The average Bonchev–Trinajstić information content (AvgIpc) is 3.00. The summed E-state index contributed by atoms with van der Waals surface area (Å²) in [5.74, 6) is 0.0804. The van der Waals surface area contributed by atoms with Crippen molar-refractivity contribution in [2.24, 2.45) is 0 Å². The molecule has 1 unspecified atom stereocenters. The van der Waals surface area contributed by atoms with E-state index in [0.717, 1.165) is 10.4 Å². The maximum Gasteiger partial charge on any atom is 0.329 e. The Morgan fingerprint density at radius 3 is 2.71 bits per heavy atom. The van der Waals surface area contributed by atoms with E-state index in [9.17, 15) is 9.59 Å². The van der Waals surface area contributed by atoms with Crippen molar-refractivity contribution >= 4 is 27.5 Å². The first-order valence-corrected chi connectivity index (χ1v) is 8.59. The second-order valence-corrected chi connectivity index (χ2v) is 6.49. The second-order valence-electron chi connectivity index (χ2n) is 5.46. The number of esters is 1. The number of hydrogen-bond acceptors (Lipinski definition) is 5. The Morgan fingerprint density at radius 1 is 1.33 bits per heavy atom. The summed E-state index contributed by atoms with van der Waals surface area (Å²) in [4.78, 5) is 31.1. The van der Waals surface area contributed by atoms with Gasteiger partial charge in [-0.3, -0.25) is 9.36 Å². The summed E-state index contributed by atoms with van der Waals surface area (Å²) in [6.45, 7) is 5.42. The lowest BCUT2D eigenvalue weighted by Crippen LogP contribution is -2.31. The van der Waals surface area contributed by atoms with E-state index in [1.165, 1.54) is 15.9 Å². The van der Waals surface area contributed by atoms with Crippen LogP contribution in [0.2, 0.25) is 0 Å². The Balaban J connectivity index is 2.13. The molecule has 24 heavy (non-hydrogen) atoms. The van der Waals surface area contributed by atoms with Crippen LogP contribution in [0.5, 0.6) is 0 Å². The van der Waals surface area contributed by atoms with Crippen LogP contribution < -0.4 is 5.56 Å². The minimum absolute atomic E-state index is 0.212. The molecular weight excluding hydrogens is 324 g/mol. The van der Waals surface area contributed by atoms with Crippen LogP contribution in [0.3, 0.4) is 0 Å². The maximum atomic E-state index is 12.9. The lowest BCUT2D eigenvalue weighted by atomic mass is 10.2. The molecule has 0 spiro atoms. The summed E-state index contributed by atoms with van der Waals surface area (Å²) in [6, 6.07) is 11.0. The third-order valence-electron chi connectivity index (χ3n) is 3.85. The molecule has 0 aliphatic carbocycles. The Morgan fingerprint density at radius 2 is 2.04 bits per heavy atom. The van der Waals surface area contributed by atoms with Crippen molar-refractivity contribution in [3.63, 3.8) is 0 Å². The fourth-order valence-electron chi connectivity index (χ4n) is 2.66. The van der Waals surface area contributed by atoms with E-state index in [0.29, 0.717) is 16.0 Å². The average molecular weight is 342 g/mol. The lowest BCUT2D eigenvalue weighted by Gasteiger charge is -2.15. The van der Waals surface area contributed by atoms with Crippen LogP contribution in [0.4, 0.5) is 0 Å². The monoisotopic (exact) mass is 342 g/mol. The van der Waals surface area contributed by atoms with Crippen molar-refractivity contribution in [1.29, 1.82) is 0 Å². The topological polar surface area (TPSA) is 61.2 Å². The first-order chi connectivity index (χ1) is 11.5. The van der Waals surface area contributed by atoms with Crippen LogP contribution >= 0.6 is 11.3 Å². The molecule has 0 aliphatic heterocycles. The number of carbonyl (C=O) groups excluding carboxylic acids is 1. The molecule has 3 rings (SSSR count). The molecule has 0 amide bonds. The van der Waals surface area contributed by atoms with Gasteiger partial charge in [-0.2, -0.15) is 0 Å². The van der Waals surface area contributed by atoms with Crippen LogP contribution in [0.25, 0.3) is 20.7 Å². The molecule has 0 radical (unpaired) electrons. The highest BCUT2D eigenvalue weighted by atomic mass is 32.1. The molecule has 2 heterocycles. The molecule has 0 bridgehead atoms. The molecule has 0 N–H and O–H groups in total. The largest absolute Gasteiger partial charge is 0.464 e. The third kappa shape index (κ3) is 2.85. The number of fused-ring (bicyclic) bond motifs is 1. The van der Waals surface area contributed by atoms with E-state index in [2.05, 4.69) is 4.98 Å². The van der Waals surface area contributed by atoms with Crippen LogP contribution in [0.1, 0.15) is 25.7 Å². The van der Waals surface area contributed by atoms with Gasteiger partial charge in [0.2, 0.25) is 0 Å². The summed E-state index contributed by atoms with van der Waals surface area (Å²) < 4.78 is 6.44. The zero-order valence-corrected chi connectivity index (χ0v) is 14.6. The number of benzene rings is 1. The van der Waals surface area contributed by atoms with Crippen LogP contribution in [0, 0.1) is 6.92 Å². The summed E-state index contributed by atoms with van der Waals surface area (Å²) in [5, 5.41) is 0.528. The Kier molecular flexibility index (Phi) is 4.49. The van der Waals surface area contributed by atoms with Gasteiger partial charge in [0.25, 0.3) is 5.56 Å². The molecule has 1 aromatic carbocycles. The first kappa shape index (κ1) is 16.4. The normalized spacial score (nSPS) is 12.3. The van der Waals surface area contributed by atoms with Crippen molar-refractivity contribution in [3.8, 4) is 10.4 Å². The highest BCUT2D eigenvalue weighted by Gasteiger charge is 2.22. The van der Waals surface area contributed by atoms with Gasteiger partial charge >= 0.3 is 5.97 Å². The van der Waals surface area contributed by atoms with E-state index in [-0.39, 0.29) is 12.2 Å². The zero-order chi connectivity index (χ0) is 17.3. The molecule has 3 aromatic rings. The number of carbonyl (C=O) groups is 1.